The van der Waals surface area contributed by atoms with Crippen LogP contribution in [0.4, 0.5) is 10.5 Å². The van der Waals surface area contributed by atoms with Crippen LogP contribution in [0.5, 0.6) is 11.5 Å². The standard InChI is InChI=1S/C39H47ClN2O11S/c1-21-10-9-11-31(50-8)39(47)19-29(51-37(46)41-39)22(2)36-38(4,53-36)32(18-33(44)42(5)26-15-24(14-21)16-28(49-7)35(26)40)52-34(45)20-54-30-13-12-25(23(3)43)17-27(30)48-6/h9-13,15-17,22,29,31-32,36,47H,14,18-20H2,1-8H3,(H,41,46)/b11-9+,21-10+/t22-,29+,31-,32+,36+,38+,39+/m1/s1. The topological polar surface area (TPSA) is 162 Å². The first kappa shape index (κ1) is 41.1. The summed E-state index contributed by atoms with van der Waals surface area (Å²) in [5.41, 5.74) is -0.389. The van der Waals surface area contributed by atoms with Crippen molar-refractivity contribution in [2.75, 3.05) is 39.0 Å². The summed E-state index contributed by atoms with van der Waals surface area (Å²) in [7, 11) is 5.99. The van der Waals surface area contributed by atoms with Crippen LogP contribution in [-0.4, -0.2) is 98.7 Å². The van der Waals surface area contributed by atoms with Crippen molar-refractivity contribution in [3.63, 3.8) is 0 Å². The van der Waals surface area contributed by atoms with Crippen LogP contribution in [0.25, 0.3) is 0 Å². The van der Waals surface area contributed by atoms with Gasteiger partial charge in [0.15, 0.2) is 11.5 Å². The molecule has 2 aromatic carbocycles. The number of epoxide rings is 1. The van der Waals surface area contributed by atoms with Crippen LogP contribution >= 0.6 is 23.4 Å². The maximum atomic E-state index is 14.1. The lowest BCUT2D eigenvalue weighted by Crippen LogP contribution is -2.63. The molecule has 2 N–H and O–H groups in total. The molecule has 13 nitrogen and oxygen atoms in total. The minimum atomic E-state index is -1.82. The minimum Gasteiger partial charge on any atom is -0.496 e. The molecule has 0 unspecified atom stereocenters. The highest BCUT2D eigenvalue weighted by Crippen LogP contribution is 2.49. The minimum absolute atomic E-state index is 0.0431. The molecule has 15 heteroatoms. The number of ketones is 1. The van der Waals surface area contributed by atoms with Gasteiger partial charge < -0.3 is 38.4 Å². The summed E-state index contributed by atoms with van der Waals surface area (Å²) in [4.78, 5) is 54.4. The highest BCUT2D eigenvalue weighted by atomic mass is 35.5. The monoisotopic (exact) mass is 786 g/mol. The molecular formula is C39H47ClN2O11S. The lowest BCUT2D eigenvalue weighted by Gasteiger charge is -2.42. The van der Waals surface area contributed by atoms with Crippen molar-refractivity contribution in [2.45, 2.75) is 87.6 Å². The first-order chi connectivity index (χ1) is 25.5. The highest BCUT2D eigenvalue weighted by molar-refractivity contribution is 8.00. The van der Waals surface area contributed by atoms with Gasteiger partial charge in [0.25, 0.3) is 0 Å². The Morgan fingerprint density at radius 1 is 1.13 bits per heavy atom. The van der Waals surface area contributed by atoms with Crippen molar-refractivity contribution in [2.24, 2.45) is 5.92 Å². The fraction of sp³-hybridized carbons (Fsp3) is 0.487. The Bertz CT molecular complexity index is 1850. The first-order valence-electron chi connectivity index (χ1n) is 17.4. The lowest BCUT2D eigenvalue weighted by molar-refractivity contribution is -0.150. The third-order valence-electron chi connectivity index (χ3n) is 10.1. The van der Waals surface area contributed by atoms with Crippen LogP contribution in [0, 0.1) is 5.92 Å². The fourth-order valence-corrected chi connectivity index (χ4v) is 8.04. The van der Waals surface area contributed by atoms with Gasteiger partial charge in [0.1, 0.15) is 40.4 Å². The summed E-state index contributed by atoms with van der Waals surface area (Å²) < 4.78 is 34.7. The van der Waals surface area contributed by atoms with Gasteiger partial charge in [0, 0.05) is 37.0 Å². The summed E-state index contributed by atoms with van der Waals surface area (Å²) >= 11 is 7.92. The zero-order valence-electron chi connectivity index (χ0n) is 31.6. The van der Waals surface area contributed by atoms with E-state index in [1.807, 2.05) is 19.9 Å². The number of rotatable bonds is 8. The second kappa shape index (κ2) is 16.7. The Balaban J connectivity index is 1.50. The van der Waals surface area contributed by atoms with E-state index in [1.54, 1.807) is 56.5 Å². The molecule has 3 aliphatic rings. The normalized spacial score (nSPS) is 30.1. The zero-order chi connectivity index (χ0) is 39.5. The van der Waals surface area contributed by atoms with Gasteiger partial charge in [-0.3, -0.25) is 19.7 Å². The molecule has 4 bridgehead atoms. The number of esters is 1. The second-order valence-electron chi connectivity index (χ2n) is 14.0. The number of aliphatic hydroxyl groups is 1. The molecule has 3 aliphatic heterocycles. The summed E-state index contributed by atoms with van der Waals surface area (Å²) in [6.07, 6.45) is 1.08. The van der Waals surface area contributed by atoms with Crippen LogP contribution in [0.15, 0.2) is 59.0 Å². The predicted octanol–water partition coefficient (Wildman–Crippen LogP) is 5.67. The van der Waals surface area contributed by atoms with Gasteiger partial charge in [0.05, 0.1) is 38.2 Å². The molecule has 292 valence electrons. The number of alkyl carbamates (subject to hydrolysis) is 1. The van der Waals surface area contributed by atoms with Gasteiger partial charge in [-0.1, -0.05) is 48.4 Å². The Kier molecular flexibility index (Phi) is 12.7. The van der Waals surface area contributed by atoms with E-state index >= 15 is 0 Å². The Hall–Kier alpha value is -4.08. The molecule has 0 aliphatic carbocycles. The number of nitrogens with one attached hydrogen (secondary N) is 1. The number of ether oxygens (including phenoxy) is 6. The number of anilines is 1. The van der Waals surface area contributed by atoms with Crippen LogP contribution in [0.3, 0.4) is 0 Å². The van der Waals surface area contributed by atoms with Gasteiger partial charge in [-0.15, -0.1) is 11.8 Å². The number of Topliss-reactive ketones (excluding diaryl/α,β-unsaturated/α-hetero) is 1. The van der Waals surface area contributed by atoms with Gasteiger partial charge in [-0.25, -0.2) is 4.79 Å². The number of nitrogens with zero attached hydrogens (tertiary/aromatic N) is 1. The quantitative estimate of drug-likeness (QED) is 0.146. The van der Waals surface area contributed by atoms with E-state index in [4.69, 9.17) is 40.0 Å². The molecule has 5 rings (SSSR count). The summed E-state index contributed by atoms with van der Waals surface area (Å²) in [6.45, 7) is 6.92. The van der Waals surface area contributed by atoms with Gasteiger partial charge in [-0.2, -0.15) is 0 Å². The summed E-state index contributed by atoms with van der Waals surface area (Å²) in [5.74, 6) is -1.01. The van der Waals surface area contributed by atoms with E-state index in [-0.39, 0.29) is 29.4 Å². The third kappa shape index (κ3) is 8.89. The number of methoxy groups -OCH3 is 3. The largest absolute Gasteiger partial charge is 0.496 e. The number of amides is 2. The van der Waals surface area contributed by atoms with Crippen molar-refractivity contribution in [1.82, 2.24) is 5.32 Å². The lowest BCUT2D eigenvalue weighted by atomic mass is 9.83. The van der Waals surface area contributed by atoms with E-state index in [1.165, 1.54) is 33.2 Å². The molecule has 7 atom stereocenters. The molecule has 2 saturated heterocycles. The van der Waals surface area contributed by atoms with Crippen LogP contribution in [0.1, 0.15) is 56.5 Å². The predicted molar refractivity (Wildman–Crippen MR) is 202 cm³/mol. The molecule has 3 heterocycles. The first-order valence-corrected chi connectivity index (χ1v) is 18.8. The molecular weight excluding hydrogens is 740 g/mol. The second-order valence-corrected chi connectivity index (χ2v) is 15.4. The van der Waals surface area contributed by atoms with Crippen molar-refractivity contribution >= 4 is 52.8 Å². The number of benzene rings is 2. The fourth-order valence-electron chi connectivity index (χ4n) is 6.94. The van der Waals surface area contributed by atoms with Crippen LogP contribution in [0.2, 0.25) is 5.02 Å². The van der Waals surface area contributed by atoms with E-state index in [0.29, 0.717) is 34.1 Å². The van der Waals surface area contributed by atoms with E-state index < -0.39 is 59.6 Å². The smallest absolute Gasteiger partial charge is 0.409 e. The summed E-state index contributed by atoms with van der Waals surface area (Å²) in [6, 6.07) is 8.55. The van der Waals surface area contributed by atoms with Crippen molar-refractivity contribution < 1.29 is 52.7 Å². The number of hydrogen-bond acceptors (Lipinski definition) is 12. The highest BCUT2D eigenvalue weighted by Gasteiger charge is 2.64. The van der Waals surface area contributed by atoms with Gasteiger partial charge in [-0.05, 0) is 57.0 Å². The third-order valence-corrected chi connectivity index (χ3v) is 11.5. The van der Waals surface area contributed by atoms with Crippen LogP contribution < -0.4 is 19.7 Å². The molecule has 0 saturated carbocycles. The molecule has 0 aromatic heterocycles. The van der Waals surface area contributed by atoms with Gasteiger partial charge in [0.2, 0.25) is 5.91 Å². The molecule has 2 aromatic rings. The number of hydrogen-bond donors (Lipinski definition) is 2. The number of allylic oxidation sites excluding steroid dienone is 3. The van der Waals surface area contributed by atoms with Gasteiger partial charge >= 0.3 is 12.1 Å². The van der Waals surface area contributed by atoms with Crippen molar-refractivity contribution in [3.8, 4) is 11.5 Å². The number of carbonyl (C=O) groups is 4. The number of thioether (sulfide) groups is 1. The average Bonchev–Trinajstić information content (AvgIpc) is 3.83. The maximum absolute atomic E-state index is 14.1. The average molecular weight is 787 g/mol. The molecule has 0 radical (unpaired) electrons. The summed E-state index contributed by atoms with van der Waals surface area (Å²) in [5, 5.41) is 14.5. The Morgan fingerprint density at radius 2 is 1.85 bits per heavy atom. The molecule has 0 spiro atoms. The molecule has 2 fully saturated rings. The molecule has 2 amide bonds. The van der Waals surface area contributed by atoms with Crippen molar-refractivity contribution in [3.05, 3.63) is 70.3 Å². The van der Waals surface area contributed by atoms with E-state index in [2.05, 4.69) is 5.32 Å². The van der Waals surface area contributed by atoms with Crippen molar-refractivity contribution in [1.29, 1.82) is 0 Å². The number of carbonyl (C=O) groups excluding carboxylic acids is 4. The zero-order valence-corrected chi connectivity index (χ0v) is 33.2. The van der Waals surface area contributed by atoms with E-state index in [0.717, 1.165) is 22.9 Å². The number of fused-ring (bicyclic) bond motifs is 5. The van der Waals surface area contributed by atoms with E-state index in [9.17, 15) is 24.3 Å². The molecule has 54 heavy (non-hydrogen) atoms. The Labute approximate surface area is 324 Å². The maximum Gasteiger partial charge on any atom is 0.409 e. The Morgan fingerprint density at radius 3 is 2.52 bits per heavy atom. The number of halogens is 1. The SMILES string of the molecule is COc1cc(C(C)=O)ccc1SCC(=O)O[C@H]1CC(=O)N(C)c2cc(cc(OC)c2Cl)C/C(C)=C/C=C/[C@@H](OC)[C@@]2(O)C[C@H](OC(=O)N2)[C@@H](C)[C@@H]2O[C@@]12C. The van der Waals surface area contributed by atoms with Crippen LogP contribution in [-0.2, 0) is 35.0 Å².